The van der Waals surface area contributed by atoms with Gasteiger partial charge in [0.15, 0.2) is 0 Å². The summed E-state index contributed by atoms with van der Waals surface area (Å²) in [7, 11) is 0. The molecular weight excluding hydrogens is 306 g/mol. The molecule has 3 aromatic rings. The van der Waals surface area contributed by atoms with Gasteiger partial charge in [-0.05, 0) is 24.3 Å². The zero-order valence-electron chi connectivity index (χ0n) is 11.6. The minimum absolute atomic E-state index is 0.207. The fraction of sp³-hybridized carbons (Fsp3) is 0. The number of carbonyl (C=O) groups is 1. The standard InChI is InChI=1S/C16H10F2N2O3/c17-10-7-4-8-11(18)12(10)14-20-13(16(21)22)15(23-14)19-9-5-2-1-3-6-9/h1-8,19H,(H,21,22). The normalized spacial score (nSPS) is 10.5. The quantitative estimate of drug-likeness (QED) is 0.759. The van der Waals surface area contributed by atoms with Crippen LogP contribution in [0.1, 0.15) is 10.5 Å². The van der Waals surface area contributed by atoms with Crippen LogP contribution in [0.3, 0.4) is 0 Å². The Morgan fingerprint density at radius 2 is 1.70 bits per heavy atom. The minimum Gasteiger partial charge on any atom is -0.476 e. The van der Waals surface area contributed by atoms with Crippen molar-refractivity contribution in [2.45, 2.75) is 0 Å². The highest BCUT2D eigenvalue weighted by Gasteiger charge is 2.24. The van der Waals surface area contributed by atoms with E-state index in [0.29, 0.717) is 5.69 Å². The van der Waals surface area contributed by atoms with Gasteiger partial charge in [0.05, 0.1) is 0 Å². The largest absolute Gasteiger partial charge is 0.476 e. The van der Waals surface area contributed by atoms with Crippen molar-refractivity contribution in [3.05, 3.63) is 65.9 Å². The number of halogens is 2. The number of oxazole rings is 1. The predicted octanol–water partition coefficient (Wildman–Crippen LogP) is 4.06. The molecule has 0 saturated heterocycles. The summed E-state index contributed by atoms with van der Waals surface area (Å²) in [5.41, 5.74) is -0.436. The van der Waals surface area contributed by atoms with Gasteiger partial charge in [-0.3, -0.25) is 0 Å². The van der Waals surface area contributed by atoms with Crippen LogP contribution in [0.15, 0.2) is 52.9 Å². The molecule has 0 bridgehead atoms. The Labute approximate surface area is 129 Å². The van der Waals surface area contributed by atoms with Crippen LogP contribution < -0.4 is 5.32 Å². The first-order chi connectivity index (χ1) is 11.1. The molecule has 0 unspecified atom stereocenters. The molecule has 0 saturated carbocycles. The molecule has 116 valence electrons. The number of carboxylic acids is 1. The average molecular weight is 316 g/mol. The maximum atomic E-state index is 13.8. The zero-order chi connectivity index (χ0) is 16.4. The Kier molecular flexibility index (Phi) is 3.76. The Morgan fingerprint density at radius 3 is 2.30 bits per heavy atom. The van der Waals surface area contributed by atoms with Gasteiger partial charge >= 0.3 is 5.97 Å². The lowest BCUT2D eigenvalue weighted by molar-refractivity contribution is 0.0692. The van der Waals surface area contributed by atoms with Crippen LogP contribution >= 0.6 is 0 Å². The highest BCUT2D eigenvalue weighted by molar-refractivity contribution is 5.92. The lowest BCUT2D eigenvalue weighted by Crippen LogP contribution is -2.01. The summed E-state index contributed by atoms with van der Waals surface area (Å²) in [4.78, 5) is 15.0. The molecular formula is C16H10F2N2O3. The molecule has 0 spiro atoms. The van der Waals surface area contributed by atoms with Gasteiger partial charge in [-0.25, -0.2) is 13.6 Å². The van der Waals surface area contributed by atoms with E-state index in [-0.39, 0.29) is 5.88 Å². The van der Waals surface area contributed by atoms with Gasteiger partial charge in [0.25, 0.3) is 0 Å². The van der Waals surface area contributed by atoms with Crippen molar-refractivity contribution in [1.29, 1.82) is 0 Å². The number of benzene rings is 2. The van der Waals surface area contributed by atoms with Gasteiger partial charge in [0.2, 0.25) is 17.5 Å². The molecule has 1 aromatic heterocycles. The van der Waals surface area contributed by atoms with Crippen molar-refractivity contribution in [1.82, 2.24) is 4.98 Å². The van der Waals surface area contributed by atoms with Gasteiger partial charge in [-0.15, -0.1) is 0 Å². The molecule has 0 aliphatic heterocycles. The van der Waals surface area contributed by atoms with E-state index in [2.05, 4.69) is 10.3 Å². The molecule has 23 heavy (non-hydrogen) atoms. The van der Waals surface area contributed by atoms with Crippen LogP contribution in [0.4, 0.5) is 20.4 Å². The van der Waals surface area contributed by atoms with Crippen molar-refractivity contribution in [3.8, 4) is 11.5 Å². The van der Waals surface area contributed by atoms with Crippen LogP contribution in [0.5, 0.6) is 0 Å². The second-order valence-corrected chi connectivity index (χ2v) is 4.59. The number of rotatable bonds is 4. The highest BCUT2D eigenvalue weighted by Crippen LogP contribution is 2.31. The van der Waals surface area contributed by atoms with Crippen molar-refractivity contribution in [3.63, 3.8) is 0 Å². The second kappa shape index (κ2) is 5.88. The summed E-state index contributed by atoms with van der Waals surface area (Å²) >= 11 is 0. The molecule has 7 heteroatoms. The Bertz CT molecular complexity index is 843. The third-order valence-corrected chi connectivity index (χ3v) is 3.04. The molecule has 0 atom stereocenters. The average Bonchev–Trinajstić information content (AvgIpc) is 2.92. The second-order valence-electron chi connectivity index (χ2n) is 4.59. The van der Waals surface area contributed by atoms with Gasteiger partial charge in [0.1, 0.15) is 17.2 Å². The lowest BCUT2D eigenvalue weighted by atomic mass is 10.2. The molecule has 3 rings (SSSR count). The van der Waals surface area contributed by atoms with Gasteiger partial charge in [-0.2, -0.15) is 4.98 Å². The summed E-state index contributed by atoms with van der Waals surface area (Å²) in [6.07, 6.45) is 0. The van der Waals surface area contributed by atoms with Crippen LogP contribution in [-0.4, -0.2) is 16.1 Å². The van der Waals surface area contributed by atoms with Crippen LogP contribution in [0.25, 0.3) is 11.5 Å². The number of nitrogens with one attached hydrogen (secondary N) is 1. The zero-order valence-corrected chi connectivity index (χ0v) is 11.6. The molecule has 2 N–H and O–H groups in total. The first kappa shape index (κ1) is 14.7. The van der Waals surface area contributed by atoms with E-state index in [9.17, 15) is 18.7 Å². The van der Waals surface area contributed by atoms with Gasteiger partial charge < -0.3 is 14.8 Å². The van der Waals surface area contributed by atoms with Crippen molar-refractivity contribution in [2.75, 3.05) is 5.32 Å². The number of carboxylic acid groups (broad SMARTS) is 1. The van der Waals surface area contributed by atoms with E-state index in [1.54, 1.807) is 30.3 Å². The maximum absolute atomic E-state index is 13.8. The first-order valence-corrected chi connectivity index (χ1v) is 6.57. The molecule has 0 fully saturated rings. The predicted molar refractivity (Wildman–Crippen MR) is 78.5 cm³/mol. The van der Waals surface area contributed by atoms with E-state index >= 15 is 0 Å². The van der Waals surface area contributed by atoms with Crippen molar-refractivity contribution in [2.24, 2.45) is 0 Å². The molecule has 1 heterocycles. The van der Waals surface area contributed by atoms with E-state index in [1.807, 2.05) is 0 Å². The fourth-order valence-corrected chi connectivity index (χ4v) is 2.01. The Morgan fingerprint density at radius 1 is 1.04 bits per heavy atom. The number of hydrogen-bond donors (Lipinski definition) is 2. The SMILES string of the molecule is O=C(O)c1nc(-c2c(F)cccc2F)oc1Nc1ccccc1. The molecule has 0 radical (unpaired) electrons. The molecule has 0 aliphatic rings. The van der Waals surface area contributed by atoms with Crippen molar-refractivity contribution >= 4 is 17.5 Å². The fourth-order valence-electron chi connectivity index (χ4n) is 2.01. The molecule has 5 nitrogen and oxygen atoms in total. The van der Waals surface area contributed by atoms with Crippen LogP contribution in [0.2, 0.25) is 0 Å². The summed E-state index contributed by atoms with van der Waals surface area (Å²) in [5.74, 6) is -3.82. The number of hydrogen-bond acceptors (Lipinski definition) is 4. The lowest BCUT2D eigenvalue weighted by Gasteiger charge is -2.02. The Hall–Kier alpha value is -3.22. The van der Waals surface area contributed by atoms with Gasteiger partial charge in [-0.1, -0.05) is 24.3 Å². The number of anilines is 2. The molecule has 0 aliphatic carbocycles. The number of para-hydroxylation sites is 1. The summed E-state index contributed by atoms with van der Waals surface area (Å²) in [5, 5.41) is 11.9. The third kappa shape index (κ3) is 2.89. The maximum Gasteiger partial charge on any atom is 0.360 e. The van der Waals surface area contributed by atoms with Crippen LogP contribution in [-0.2, 0) is 0 Å². The summed E-state index contributed by atoms with van der Waals surface area (Å²) < 4.78 is 32.8. The monoisotopic (exact) mass is 316 g/mol. The number of aromatic carboxylic acids is 1. The van der Waals surface area contributed by atoms with Gasteiger partial charge in [0, 0.05) is 5.69 Å². The summed E-state index contributed by atoms with van der Waals surface area (Å²) in [6, 6.07) is 11.9. The van der Waals surface area contributed by atoms with E-state index < -0.39 is 34.8 Å². The number of nitrogens with zero attached hydrogens (tertiary/aromatic N) is 1. The first-order valence-electron chi connectivity index (χ1n) is 6.57. The van der Waals surface area contributed by atoms with E-state index in [1.165, 1.54) is 6.07 Å². The molecule has 0 amide bonds. The summed E-state index contributed by atoms with van der Waals surface area (Å²) in [6.45, 7) is 0. The number of aromatic nitrogens is 1. The smallest absolute Gasteiger partial charge is 0.360 e. The van der Waals surface area contributed by atoms with Crippen LogP contribution in [0, 0.1) is 11.6 Å². The van der Waals surface area contributed by atoms with E-state index in [4.69, 9.17) is 4.42 Å². The minimum atomic E-state index is -1.38. The topological polar surface area (TPSA) is 75.4 Å². The highest BCUT2D eigenvalue weighted by atomic mass is 19.1. The van der Waals surface area contributed by atoms with Crippen molar-refractivity contribution < 1.29 is 23.1 Å². The Balaban J connectivity index is 2.08. The third-order valence-electron chi connectivity index (χ3n) is 3.04. The molecule has 2 aromatic carbocycles. The van der Waals surface area contributed by atoms with E-state index in [0.717, 1.165) is 12.1 Å².